The number of hydrogen-bond acceptors (Lipinski definition) is 6. The maximum Gasteiger partial charge on any atom is 0.251 e. The Morgan fingerprint density at radius 1 is 1.07 bits per heavy atom. The first-order valence-electron chi connectivity index (χ1n) is 16.0. The SMILES string of the molecule is Cc1cc(OCCCC2CCN(c3ccc(C(C)(C)C)cn3)CC2)ccc1C(=O)N[C@@H]1CN[C@H](C(=O)N2CCCC2)C1. The molecule has 0 radical (unpaired) electrons. The second-order valence-corrected chi connectivity index (χ2v) is 13.5. The number of aryl methyl sites for hydroxylation is 1. The van der Waals surface area contributed by atoms with Crippen molar-refractivity contribution >= 4 is 17.6 Å². The zero-order chi connectivity index (χ0) is 29.7. The van der Waals surface area contributed by atoms with Gasteiger partial charge in [0.1, 0.15) is 11.6 Å². The first-order valence-corrected chi connectivity index (χ1v) is 16.0. The molecule has 3 fully saturated rings. The van der Waals surface area contributed by atoms with E-state index in [9.17, 15) is 9.59 Å². The number of nitrogens with zero attached hydrogens (tertiary/aromatic N) is 3. The summed E-state index contributed by atoms with van der Waals surface area (Å²) in [5, 5.41) is 6.42. The Kier molecular flexibility index (Phi) is 9.71. The minimum absolute atomic E-state index is 0.0403. The van der Waals surface area contributed by atoms with Crippen LogP contribution < -0.4 is 20.3 Å². The molecule has 0 unspecified atom stereocenters. The average Bonchev–Trinajstić information content (AvgIpc) is 3.68. The van der Waals surface area contributed by atoms with E-state index in [1.165, 1.54) is 24.8 Å². The van der Waals surface area contributed by atoms with E-state index in [4.69, 9.17) is 9.72 Å². The predicted octanol–water partition coefficient (Wildman–Crippen LogP) is 4.85. The van der Waals surface area contributed by atoms with Gasteiger partial charge in [-0.15, -0.1) is 0 Å². The number of nitrogens with one attached hydrogen (secondary N) is 2. The van der Waals surface area contributed by atoms with Crippen molar-refractivity contribution < 1.29 is 14.3 Å². The Hall–Kier alpha value is -3.13. The number of amides is 2. The highest BCUT2D eigenvalue weighted by Crippen LogP contribution is 2.28. The van der Waals surface area contributed by atoms with Gasteiger partial charge in [-0.05, 0) is 98.6 Å². The summed E-state index contributed by atoms with van der Waals surface area (Å²) in [5.74, 6) is 2.71. The van der Waals surface area contributed by atoms with Crippen LogP contribution in [0.15, 0.2) is 36.5 Å². The number of carbonyl (C=O) groups is 2. The van der Waals surface area contributed by atoms with E-state index in [0.717, 1.165) is 68.5 Å². The predicted molar refractivity (Wildman–Crippen MR) is 167 cm³/mol. The van der Waals surface area contributed by atoms with Crippen molar-refractivity contribution in [1.82, 2.24) is 20.5 Å². The zero-order valence-electron chi connectivity index (χ0n) is 26.0. The van der Waals surface area contributed by atoms with Gasteiger partial charge < -0.3 is 25.2 Å². The standard InChI is InChI=1S/C34H49N5O3/c1-24-20-28(10-11-29(24)32(40)37-27-21-30(35-23-27)33(41)39-15-5-6-16-39)42-19-7-8-25-13-17-38(18-14-25)31-12-9-26(22-36-31)34(2,3)4/h9-12,20,22,25,27,30,35H,5-8,13-19,21,23H2,1-4H3,(H,37,40)/t27-,30-/m0/s1. The fraction of sp³-hybridized carbons (Fsp3) is 0.618. The van der Waals surface area contributed by atoms with Crippen LogP contribution >= 0.6 is 0 Å². The molecule has 2 aromatic rings. The quantitative estimate of drug-likeness (QED) is 0.416. The minimum Gasteiger partial charge on any atom is -0.494 e. The summed E-state index contributed by atoms with van der Waals surface area (Å²) in [6.45, 7) is 13.7. The van der Waals surface area contributed by atoms with Crippen LogP contribution in [0.5, 0.6) is 5.75 Å². The zero-order valence-corrected chi connectivity index (χ0v) is 26.0. The van der Waals surface area contributed by atoms with E-state index in [-0.39, 0.29) is 29.3 Å². The highest BCUT2D eigenvalue weighted by atomic mass is 16.5. The van der Waals surface area contributed by atoms with E-state index >= 15 is 0 Å². The summed E-state index contributed by atoms with van der Waals surface area (Å²) < 4.78 is 6.06. The molecule has 2 N–H and O–H groups in total. The number of benzene rings is 1. The molecular formula is C34H49N5O3. The first kappa shape index (κ1) is 30.3. The summed E-state index contributed by atoms with van der Waals surface area (Å²) in [5.41, 5.74) is 2.96. The fourth-order valence-corrected chi connectivity index (χ4v) is 6.47. The smallest absolute Gasteiger partial charge is 0.251 e. The Labute approximate surface area is 251 Å². The maximum atomic E-state index is 13.0. The summed E-state index contributed by atoms with van der Waals surface area (Å²) in [6.07, 6.45) is 9.41. The molecule has 0 aliphatic carbocycles. The molecule has 0 bridgehead atoms. The Morgan fingerprint density at radius 2 is 1.83 bits per heavy atom. The third-order valence-electron chi connectivity index (χ3n) is 9.20. The van der Waals surface area contributed by atoms with Crippen molar-refractivity contribution in [2.24, 2.45) is 5.92 Å². The molecular weight excluding hydrogens is 526 g/mol. The lowest BCUT2D eigenvalue weighted by Crippen LogP contribution is -2.42. The van der Waals surface area contributed by atoms with Gasteiger partial charge in [0.05, 0.1) is 12.6 Å². The van der Waals surface area contributed by atoms with Crippen molar-refractivity contribution in [3.8, 4) is 5.75 Å². The van der Waals surface area contributed by atoms with Gasteiger partial charge in [-0.1, -0.05) is 26.8 Å². The molecule has 0 saturated carbocycles. The molecule has 2 amide bonds. The lowest BCUT2D eigenvalue weighted by molar-refractivity contribution is -0.132. The number of hydrogen-bond donors (Lipinski definition) is 2. The van der Waals surface area contributed by atoms with E-state index in [0.29, 0.717) is 25.1 Å². The first-order chi connectivity index (χ1) is 20.2. The van der Waals surface area contributed by atoms with Gasteiger partial charge in [-0.2, -0.15) is 0 Å². The number of pyridine rings is 1. The number of carbonyl (C=O) groups excluding carboxylic acids is 2. The normalized spacial score (nSPS) is 21.5. The number of aromatic nitrogens is 1. The fourth-order valence-electron chi connectivity index (χ4n) is 6.47. The van der Waals surface area contributed by atoms with E-state index in [1.807, 2.05) is 36.2 Å². The van der Waals surface area contributed by atoms with E-state index < -0.39 is 0 Å². The summed E-state index contributed by atoms with van der Waals surface area (Å²) in [6, 6.07) is 9.86. The van der Waals surface area contributed by atoms with Crippen LogP contribution in [0.4, 0.5) is 5.82 Å². The molecule has 8 nitrogen and oxygen atoms in total. The molecule has 3 aliphatic heterocycles. The van der Waals surface area contributed by atoms with Crippen LogP contribution in [0.1, 0.15) is 87.2 Å². The lowest BCUT2D eigenvalue weighted by atomic mass is 9.88. The monoisotopic (exact) mass is 575 g/mol. The van der Waals surface area contributed by atoms with Crippen molar-refractivity contribution in [3.63, 3.8) is 0 Å². The van der Waals surface area contributed by atoms with Crippen LogP contribution in [0.2, 0.25) is 0 Å². The number of ether oxygens (including phenoxy) is 1. The number of anilines is 1. The van der Waals surface area contributed by atoms with Gasteiger partial charge >= 0.3 is 0 Å². The van der Waals surface area contributed by atoms with Gasteiger partial charge in [0, 0.05) is 50.5 Å². The molecule has 1 aromatic carbocycles. The average molecular weight is 576 g/mol. The van der Waals surface area contributed by atoms with Crippen LogP contribution in [-0.2, 0) is 10.2 Å². The Morgan fingerprint density at radius 3 is 2.50 bits per heavy atom. The second kappa shape index (κ2) is 13.4. The van der Waals surface area contributed by atoms with Crippen LogP contribution in [-0.4, -0.2) is 73.1 Å². The molecule has 1 aromatic heterocycles. The molecule has 4 heterocycles. The van der Waals surface area contributed by atoms with Gasteiger partial charge in [0.2, 0.25) is 5.91 Å². The van der Waals surface area contributed by atoms with Crippen molar-refractivity contribution in [2.45, 2.75) is 90.1 Å². The molecule has 42 heavy (non-hydrogen) atoms. The third-order valence-corrected chi connectivity index (χ3v) is 9.20. The molecule has 5 rings (SSSR count). The van der Waals surface area contributed by atoms with Gasteiger partial charge in [-0.3, -0.25) is 9.59 Å². The highest BCUT2D eigenvalue weighted by molar-refractivity contribution is 5.96. The maximum absolute atomic E-state index is 13.0. The van der Waals surface area contributed by atoms with Crippen LogP contribution in [0.3, 0.4) is 0 Å². The topological polar surface area (TPSA) is 86.8 Å². The second-order valence-electron chi connectivity index (χ2n) is 13.5. The van der Waals surface area contributed by atoms with Gasteiger partial charge in [-0.25, -0.2) is 4.98 Å². The Balaban J connectivity index is 1.00. The molecule has 8 heteroatoms. The van der Waals surface area contributed by atoms with Crippen molar-refractivity contribution in [3.05, 3.63) is 53.2 Å². The Bertz CT molecular complexity index is 1210. The minimum atomic E-state index is -0.194. The molecule has 3 saturated heterocycles. The molecule has 3 aliphatic rings. The number of piperidine rings is 1. The molecule has 228 valence electrons. The summed E-state index contributed by atoms with van der Waals surface area (Å²) >= 11 is 0. The van der Waals surface area contributed by atoms with E-state index in [2.05, 4.69) is 48.4 Å². The molecule has 0 spiro atoms. The van der Waals surface area contributed by atoms with Gasteiger partial charge in [0.15, 0.2) is 0 Å². The number of likely N-dealkylation sites (tertiary alicyclic amines) is 1. The van der Waals surface area contributed by atoms with E-state index in [1.54, 1.807) is 0 Å². The highest BCUT2D eigenvalue weighted by Gasteiger charge is 2.34. The third kappa shape index (κ3) is 7.63. The van der Waals surface area contributed by atoms with Gasteiger partial charge in [0.25, 0.3) is 5.91 Å². The molecule has 2 atom stereocenters. The van der Waals surface area contributed by atoms with Crippen LogP contribution in [0, 0.1) is 12.8 Å². The largest absolute Gasteiger partial charge is 0.494 e. The lowest BCUT2D eigenvalue weighted by Gasteiger charge is -2.33. The van der Waals surface area contributed by atoms with Crippen molar-refractivity contribution in [2.75, 3.05) is 44.2 Å². The number of rotatable bonds is 9. The van der Waals surface area contributed by atoms with Crippen LogP contribution in [0.25, 0.3) is 0 Å². The van der Waals surface area contributed by atoms with Crippen molar-refractivity contribution in [1.29, 1.82) is 0 Å². The summed E-state index contributed by atoms with van der Waals surface area (Å²) in [4.78, 5) is 34.8. The summed E-state index contributed by atoms with van der Waals surface area (Å²) in [7, 11) is 0.